The van der Waals surface area contributed by atoms with Gasteiger partial charge in [-0.2, -0.15) is 8.42 Å². The highest BCUT2D eigenvalue weighted by atomic mass is 35.5. The molecule has 132 valence electrons. The van der Waals surface area contributed by atoms with E-state index in [0.717, 1.165) is 0 Å². The van der Waals surface area contributed by atoms with Gasteiger partial charge in [0, 0.05) is 7.11 Å². The molecule has 0 heterocycles. The molecular weight excluding hydrogens is 363 g/mol. The van der Waals surface area contributed by atoms with Crippen molar-refractivity contribution >= 4 is 29.3 Å². The first-order valence-electron chi connectivity index (χ1n) is 7.03. The zero-order valence-electron chi connectivity index (χ0n) is 13.8. The van der Waals surface area contributed by atoms with E-state index in [-0.39, 0.29) is 15.8 Å². The molecular formula is C14H22ClO6PS. The molecule has 0 saturated carbocycles. The van der Waals surface area contributed by atoms with Crippen molar-refractivity contribution in [2.45, 2.75) is 44.6 Å². The summed E-state index contributed by atoms with van der Waals surface area (Å²) in [4.78, 5) is -0.121. The Morgan fingerprint density at radius 1 is 1.22 bits per heavy atom. The highest BCUT2D eigenvalue weighted by molar-refractivity contribution is 7.87. The second kappa shape index (κ2) is 8.10. The Morgan fingerprint density at radius 3 is 2.30 bits per heavy atom. The average Bonchev–Trinajstić information content (AvgIpc) is 2.44. The number of benzene rings is 1. The van der Waals surface area contributed by atoms with Gasteiger partial charge in [0.15, 0.2) is 6.35 Å². The molecule has 9 heteroatoms. The van der Waals surface area contributed by atoms with Crippen LogP contribution in [0.15, 0.2) is 23.1 Å². The molecule has 0 aliphatic carbocycles. The van der Waals surface area contributed by atoms with Crippen LogP contribution in [0.4, 0.5) is 0 Å². The molecule has 23 heavy (non-hydrogen) atoms. The van der Waals surface area contributed by atoms with E-state index in [1.807, 2.05) is 13.8 Å². The van der Waals surface area contributed by atoms with Gasteiger partial charge in [-0.15, -0.1) is 0 Å². The van der Waals surface area contributed by atoms with Crippen molar-refractivity contribution in [3.63, 3.8) is 0 Å². The minimum Gasteiger partial charge on any atom is -0.310 e. The summed E-state index contributed by atoms with van der Waals surface area (Å²) in [6.07, 6.45) is -1.12. The summed E-state index contributed by atoms with van der Waals surface area (Å²) in [6, 6.07) is 4.79. The van der Waals surface area contributed by atoms with Crippen LogP contribution in [-0.4, -0.2) is 28.0 Å². The van der Waals surface area contributed by atoms with E-state index in [9.17, 15) is 13.0 Å². The molecule has 0 saturated heterocycles. The summed E-state index contributed by atoms with van der Waals surface area (Å²) < 4.78 is 52.1. The third kappa shape index (κ3) is 5.55. The Morgan fingerprint density at radius 2 is 1.83 bits per heavy atom. The highest BCUT2D eigenvalue weighted by Crippen LogP contribution is 2.49. The van der Waals surface area contributed by atoms with Gasteiger partial charge < -0.3 is 9.05 Å². The van der Waals surface area contributed by atoms with E-state index in [1.54, 1.807) is 26.0 Å². The fourth-order valence-electron chi connectivity index (χ4n) is 1.88. The zero-order chi connectivity index (χ0) is 17.8. The second-order valence-corrected chi connectivity index (χ2v) is 9.48. The van der Waals surface area contributed by atoms with Gasteiger partial charge in [-0.3, -0.25) is 8.75 Å². The van der Waals surface area contributed by atoms with Gasteiger partial charge in [0.1, 0.15) is 4.90 Å². The monoisotopic (exact) mass is 384 g/mol. The molecule has 0 spiro atoms. The smallest absolute Gasteiger partial charge is 0.310 e. The van der Waals surface area contributed by atoms with Crippen LogP contribution in [0.3, 0.4) is 0 Å². The Balaban J connectivity index is 3.13. The molecule has 0 fully saturated rings. The van der Waals surface area contributed by atoms with E-state index >= 15 is 0 Å². The molecule has 0 radical (unpaired) electrons. The van der Waals surface area contributed by atoms with E-state index in [0.29, 0.717) is 5.56 Å². The summed E-state index contributed by atoms with van der Waals surface area (Å²) >= 11 is 6.04. The van der Waals surface area contributed by atoms with Crippen LogP contribution in [0.2, 0.25) is 5.02 Å². The maximum absolute atomic E-state index is 12.5. The first kappa shape index (κ1) is 20.6. The Bertz CT molecular complexity index is 687. The molecule has 1 unspecified atom stereocenters. The first-order valence-corrected chi connectivity index (χ1v) is 10.5. The molecule has 0 aliphatic rings. The summed E-state index contributed by atoms with van der Waals surface area (Å²) in [5, 5.41) is 0.0493. The van der Waals surface area contributed by atoms with Gasteiger partial charge in [-0.05, 0) is 31.4 Å². The fraction of sp³-hybridized carbons (Fsp3) is 0.571. The first-order chi connectivity index (χ1) is 10.5. The summed E-state index contributed by atoms with van der Waals surface area (Å²) in [6.45, 7) is 7.00. The lowest BCUT2D eigenvalue weighted by molar-refractivity contribution is 0.171. The largest absolute Gasteiger partial charge is 0.357 e. The van der Waals surface area contributed by atoms with Crippen LogP contribution in [-0.2, 0) is 27.9 Å². The van der Waals surface area contributed by atoms with Gasteiger partial charge >= 0.3 is 7.60 Å². The predicted octanol–water partition coefficient (Wildman–Crippen LogP) is 4.39. The molecule has 1 aromatic rings. The lowest BCUT2D eigenvalue weighted by Gasteiger charge is -2.19. The van der Waals surface area contributed by atoms with Crippen molar-refractivity contribution in [1.82, 2.24) is 0 Å². The number of hydrogen-bond acceptors (Lipinski definition) is 6. The highest BCUT2D eigenvalue weighted by Gasteiger charge is 2.31. The Labute approximate surface area is 142 Å². The Hall–Kier alpha value is -0.430. The lowest BCUT2D eigenvalue weighted by atomic mass is 10.0. The van der Waals surface area contributed by atoms with Crippen LogP contribution >= 0.6 is 19.2 Å². The van der Waals surface area contributed by atoms with Crippen LogP contribution in [0, 0.1) is 0 Å². The average molecular weight is 385 g/mol. The van der Waals surface area contributed by atoms with E-state index < -0.39 is 30.2 Å². The van der Waals surface area contributed by atoms with Crippen LogP contribution in [0.5, 0.6) is 0 Å². The van der Waals surface area contributed by atoms with Crippen molar-refractivity contribution in [3.8, 4) is 0 Å². The van der Waals surface area contributed by atoms with Crippen LogP contribution < -0.4 is 0 Å². The molecule has 1 atom stereocenters. The standard InChI is InChI=1S/C14H22ClO6PS/c1-10(2)12-7-6-8-13(15)14(12)23(17,18)20-9-22(16,19-5)21-11(3)4/h6-8,10-11H,9H2,1-5H3. The van der Waals surface area contributed by atoms with Crippen LogP contribution in [0.25, 0.3) is 0 Å². The Kier molecular flexibility index (Phi) is 7.26. The van der Waals surface area contributed by atoms with Gasteiger partial charge in [-0.1, -0.05) is 37.6 Å². The van der Waals surface area contributed by atoms with Gasteiger partial charge in [0.05, 0.1) is 11.1 Å². The van der Waals surface area contributed by atoms with Gasteiger partial charge in [0.2, 0.25) is 0 Å². The van der Waals surface area contributed by atoms with Crippen molar-refractivity contribution in [2.24, 2.45) is 0 Å². The number of halogens is 1. The van der Waals surface area contributed by atoms with Crippen LogP contribution in [0.1, 0.15) is 39.2 Å². The molecule has 1 rings (SSSR count). The van der Waals surface area contributed by atoms with Crippen molar-refractivity contribution in [3.05, 3.63) is 28.8 Å². The predicted molar refractivity (Wildman–Crippen MR) is 89.5 cm³/mol. The lowest BCUT2D eigenvalue weighted by Crippen LogP contribution is -2.14. The van der Waals surface area contributed by atoms with Crippen molar-refractivity contribution in [2.75, 3.05) is 13.5 Å². The molecule has 0 bridgehead atoms. The molecule has 0 aromatic heterocycles. The maximum atomic E-state index is 12.5. The SMILES string of the molecule is COP(=O)(COS(=O)(=O)c1c(Cl)cccc1C(C)C)OC(C)C. The molecule has 0 N–H and O–H groups in total. The number of rotatable bonds is 8. The summed E-state index contributed by atoms with van der Waals surface area (Å²) in [5.74, 6) is -0.0804. The zero-order valence-corrected chi connectivity index (χ0v) is 16.2. The molecule has 6 nitrogen and oxygen atoms in total. The fourth-order valence-corrected chi connectivity index (χ4v) is 5.33. The third-order valence-corrected chi connectivity index (χ3v) is 6.61. The van der Waals surface area contributed by atoms with Crippen molar-refractivity contribution < 1.29 is 26.2 Å². The summed E-state index contributed by atoms with van der Waals surface area (Å²) in [7, 11) is -6.71. The molecule has 1 aromatic carbocycles. The molecule has 0 aliphatic heterocycles. The minimum atomic E-state index is -4.21. The maximum Gasteiger partial charge on any atom is 0.357 e. The minimum absolute atomic E-state index is 0.0493. The number of hydrogen-bond donors (Lipinski definition) is 0. The molecule has 0 amide bonds. The van der Waals surface area contributed by atoms with Crippen molar-refractivity contribution in [1.29, 1.82) is 0 Å². The van der Waals surface area contributed by atoms with E-state index in [1.165, 1.54) is 13.2 Å². The third-order valence-electron chi connectivity index (χ3n) is 2.89. The normalized spacial score (nSPS) is 15.1. The van der Waals surface area contributed by atoms with E-state index in [4.69, 9.17) is 24.8 Å². The summed E-state index contributed by atoms with van der Waals surface area (Å²) in [5.41, 5.74) is 0.523. The van der Waals surface area contributed by atoms with E-state index in [2.05, 4.69) is 0 Å². The van der Waals surface area contributed by atoms with Gasteiger partial charge in [0.25, 0.3) is 10.1 Å². The van der Waals surface area contributed by atoms with Gasteiger partial charge in [-0.25, -0.2) is 0 Å². The topological polar surface area (TPSA) is 78.9 Å². The quantitative estimate of drug-likeness (QED) is 0.488. The second-order valence-electron chi connectivity index (χ2n) is 5.46.